The van der Waals surface area contributed by atoms with Gasteiger partial charge in [-0.3, -0.25) is 9.59 Å². The minimum atomic E-state index is -0.447. The molecule has 0 unspecified atom stereocenters. The zero-order valence-corrected chi connectivity index (χ0v) is 21.7. The molecule has 5 heteroatoms. The Bertz CT molecular complexity index is 1340. The maximum absolute atomic E-state index is 13.7. The first-order chi connectivity index (χ1) is 17.1. The molecule has 5 rings (SSSR count). The van der Waals surface area contributed by atoms with E-state index < -0.39 is 5.41 Å². The van der Waals surface area contributed by atoms with E-state index in [1.165, 1.54) is 5.56 Å². The zero-order chi connectivity index (χ0) is 25.7. The van der Waals surface area contributed by atoms with Crippen molar-refractivity contribution in [1.82, 2.24) is 4.90 Å². The number of ether oxygens (including phenoxy) is 2. The number of hydrogen-bond donors (Lipinski definition) is 0. The molecule has 1 aliphatic heterocycles. The molecule has 0 bridgehead atoms. The summed E-state index contributed by atoms with van der Waals surface area (Å²) in [6, 6.07) is 20.0. The van der Waals surface area contributed by atoms with Crippen LogP contribution >= 0.6 is 0 Å². The highest BCUT2D eigenvalue weighted by atomic mass is 16.7. The topological polar surface area (TPSA) is 55.8 Å². The van der Waals surface area contributed by atoms with Crippen molar-refractivity contribution >= 4 is 11.7 Å². The molecule has 0 radical (unpaired) electrons. The molecule has 1 amide bonds. The van der Waals surface area contributed by atoms with Crippen LogP contribution in [0.4, 0.5) is 0 Å². The Kier molecular flexibility index (Phi) is 5.90. The lowest BCUT2D eigenvalue weighted by Gasteiger charge is -2.22. The van der Waals surface area contributed by atoms with Crippen LogP contribution in [0.3, 0.4) is 0 Å². The number of carbonyl (C=O) groups excluding carboxylic acids is 2. The average Bonchev–Trinajstić information content (AvgIpc) is 3.53. The first-order valence-corrected chi connectivity index (χ1v) is 12.5. The molecule has 2 aliphatic rings. The third kappa shape index (κ3) is 4.50. The first kappa shape index (κ1) is 24.1. The number of rotatable bonds is 6. The zero-order valence-electron chi connectivity index (χ0n) is 21.7. The second-order valence-electron chi connectivity index (χ2n) is 11.2. The van der Waals surface area contributed by atoms with Gasteiger partial charge in [0.05, 0.1) is 5.41 Å². The molecule has 1 fully saturated rings. The molecule has 3 aromatic rings. The van der Waals surface area contributed by atoms with E-state index in [0.717, 1.165) is 46.6 Å². The summed E-state index contributed by atoms with van der Waals surface area (Å²) in [6.45, 7) is 6.76. The van der Waals surface area contributed by atoms with Crippen molar-refractivity contribution < 1.29 is 19.1 Å². The van der Waals surface area contributed by atoms with Crippen molar-refractivity contribution in [2.75, 3.05) is 20.9 Å². The molecule has 0 aromatic heterocycles. The highest BCUT2D eigenvalue weighted by molar-refractivity contribution is 5.96. The number of carbonyl (C=O) groups is 2. The molecule has 1 aliphatic carbocycles. The fourth-order valence-electron chi connectivity index (χ4n) is 4.89. The smallest absolute Gasteiger partial charge is 0.253 e. The van der Waals surface area contributed by atoms with Gasteiger partial charge in [-0.2, -0.15) is 0 Å². The van der Waals surface area contributed by atoms with Gasteiger partial charge in [-0.05, 0) is 70.3 Å². The molecule has 0 N–H and O–H groups in total. The van der Waals surface area contributed by atoms with E-state index in [9.17, 15) is 9.59 Å². The van der Waals surface area contributed by atoms with E-state index in [0.29, 0.717) is 12.0 Å². The summed E-state index contributed by atoms with van der Waals surface area (Å²) in [5, 5.41) is 0. The van der Waals surface area contributed by atoms with Gasteiger partial charge in [0.25, 0.3) is 5.91 Å². The summed E-state index contributed by atoms with van der Waals surface area (Å²) < 4.78 is 11.0. The number of Topliss-reactive ketones (excluding diaryl/α,β-unsaturated/α-hetero) is 1. The summed E-state index contributed by atoms with van der Waals surface area (Å²) in [7, 11) is 3.51. The third-order valence-electron chi connectivity index (χ3n) is 7.28. The Hall–Kier alpha value is -3.60. The van der Waals surface area contributed by atoms with Crippen LogP contribution in [0.25, 0.3) is 11.1 Å². The quantitative estimate of drug-likeness (QED) is 0.436. The molecule has 186 valence electrons. The summed E-state index contributed by atoms with van der Waals surface area (Å²) in [5.41, 5.74) is 5.29. The van der Waals surface area contributed by atoms with Gasteiger partial charge in [-0.15, -0.1) is 0 Å². The highest BCUT2D eigenvalue weighted by Crippen LogP contribution is 2.51. The molecule has 1 saturated carbocycles. The number of ketones is 1. The third-order valence-corrected chi connectivity index (χ3v) is 7.28. The lowest BCUT2D eigenvalue weighted by Crippen LogP contribution is -2.23. The van der Waals surface area contributed by atoms with Gasteiger partial charge in [-0.25, -0.2) is 0 Å². The van der Waals surface area contributed by atoms with Crippen molar-refractivity contribution in [1.29, 1.82) is 0 Å². The number of amides is 1. The molecule has 0 atom stereocenters. The largest absolute Gasteiger partial charge is 0.454 e. The Labute approximate surface area is 213 Å². The Balaban J connectivity index is 1.48. The molecular formula is C31H33NO4. The predicted molar refractivity (Wildman–Crippen MR) is 141 cm³/mol. The normalized spacial score (nSPS) is 15.5. The number of hydrogen-bond acceptors (Lipinski definition) is 4. The van der Waals surface area contributed by atoms with E-state index >= 15 is 0 Å². The predicted octanol–water partition coefficient (Wildman–Crippen LogP) is 5.93. The minimum absolute atomic E-state index is 0.0290. The van der Waals surface area contributed by atoms with Crippen LogP contribution in [0.15, 0.2) is 60.7 Å². The molecule has 3 aromatic carbocycles. The first-order valence-electron chi connectivity index (χ1n) is 12.5. The van der Waals surface area contributed by atoms with Crippen molar-refractivity contribution in [2.24, 2.45) is 0 Å². The van der Waals surface area contributed by atoms with E-state index in [1.54, 1.807) is 19.0 Å². The van der Waals surface area contributed by atoms with E-state index in [-0.39, 0.29) is 23.9 Å². The lowest BCUT2D eigenvalue weighted by molar-refractivity contribution is -0.120. The van der Waals surface area contributed by atoms with Crippen LogP contribution in [0, 0.1) is 0 Å². The maximum Gasteiger partial charge on any atom is 0.253 e. The fraction of sp³-hybridized carbons (Fsp3) is 0.355. The van der Waals surface area contributed by atoms with Crippen molar-refractivity contribution in [3.63, 3.8) is 0 Å². The number of benzene rings is 3. The van der Waals surface area contributed by atoms with Crippen LogP contribution in [0.2, 0.25) is 0 Å². The minimum Gasteiger partial charge on any atom is -0.454 e. The van der Waals surface area contributed by atoms with Crippen LogP contribution in [0.5, 0.6) is 11.5 Å². The SMILES string of the molecule is CN(C)C(=O)c1cccc(-c2cc(CC(=O)C3(c4ccc5c(c4)OCO5)CC3)cc(C(C)(C)C)c2)c1. The summed E-state index contributed by atoms with van der Waals surface area (Å²) >= 11 is 0. The summed E-state index contributed by atoms with van der Waals surface area (Å²) in [4.78, 5) is 27.8. The van der Waals surface area contributed by atoms with E-state index in [1.807, 2.05) is 42.5 Å². The highest BCUT2D eigenvalue weighted by Gasteiger charge is 2.50. The van der Waals surface area contributed by atoms with E-state index in [4.69, 9.17) is 9.47 Å². The molecule has 0 spiro atoms. The monoisotopic (exact) mass is 483 g/mol. The molecule has 1 heterocycles. The Morgan fingerprint density at radius 1 is 0.889 bits per heavy atom. The second-order valence-corrected chi connectivity index (χ2v) is 11.2. The van der Waals surface area contributed by atoms with Crippen molar-refractivity contribution in [3.8, 4) is 22.6 Å². The van der Waals surface area contributed by atoms with Gasteiger partial charge >= 0.3 is 0 Å². The second kappa shape index (κ2) is 8.81. The summed E-state index contributed by atoms with van der Waals surface area (Å²) in [6.07, 6.45) is 2.07. The van der Waals surface area contributed by atoms with Crippen LogP contribution in [-0.2, 0) is 22.0 Å². The van der Waals surface area contributed by atoms with Gasteiger partial charge < -0.3 is 14.4 Å². The van der Waals surface area contributed by atoms with Gasteiger partial charge in [0, 0.05) is 26.1 Å². The van der Waals surface area contributed by atoms with Crippen LogP contribution in [-0.4, -0.2) is 37.5 Å². The molecular weight excluding hydrogens is 450 g/mol. The molecule has 36 heavy (non-hydrogen) atoms. The van der Waals surface area contributed by atoms with Gasteiger partial charge in [0.1, 0.15) is 5.78 Å². The standard InChI is InChI=1S/C31H33NO4/c1-30(2,3)25-14-20(13-23(17-25)21-7-6-8-22(16-21)29(34)32(4)5)15-28(33)31(11-12-31)24-9-10-26-27(18-24)36-19-35-26/h6-10,13-14,16-18H,11-12,15,19H2,1-5H3. The molecule has 0 saturated heterocycles. The lowest BCUT2D eigenvalue weighted by atomic mass is 9.82. The van der Waals surface area contributed by atoms with Crippen LogP contribution < -0.4 is 9.47 Å². The van der Waals surface area contributed by atoms with Gasteiger partial charge in [-0.1, -0.05) is 57.2 Å². The van der Waals surface area contributed by atoms with Gasteiger partial charge in [0.15, 0.2) is 11.5 Å². The van der Waals surface area contributed by atoms with Gasteiger partial charge in [0.2, 0.25) is 6.79 Å². The number of nitrogens with zero attached hydrogens (tertiary/aromatic N) is 1. The summed E-state index contributed by atoms with van der Waals surface area (Å²) in [5.74, 6) is 1.66. The Morgan fingerprint density at radius 2 is 1.64 bits per heavy atom. The fourth-order valence-corrected chi connectivity index (χ4v) is 4.89. The van der Waals surface area contributed by atoms with Crippen LogP contribution in [0.1, 0.15) is 60.7 Å². The van der Waals surface area contributed by atoms with E-state index in [2.05, 4.69) is 39.0 Å². The number of fused-ring (bicyclic) bond motifs is 1. The maximum atomic E-state index is 13.7. The molecule has 5 nitrogen and oxygen atoms in total. The average molecular weight is 484 g/mol. The van der Waals surface area contributed by atoms with Crippen molar-refractivity contribution in [3.05, 3.63) is 82.9 Å². The Morgan fingerprint density at radius 3 is 2.33 bits per heavy atom. The van der Waals surface area contributed by atoms with Crippen molar-refractivity contribution in [2.45, 2.75) is 50.9 Å².